The molecular weight excluding hydrogens is 271 g/mol. The van der Waals surface area contributed by atoms with Gasteiger partial charge in [0.1, 0.15) is 0 Å². The number of hydrogen-bond acceptors (Lipinski definition) is 0. The Morgan fingerprint density at radius 1 is 1.18 bits per heavy atom. The Morgan fingerprint density at radius 3 is 2.35 bits per heavy atom. The predicted octanol–water partition coefficient (Wildman–Crippen LogP) is 3.63. The van der Waals surface area contributed by atoms with Crippen molar-refractivity contribution in [1.82, 2.24) is 0 Å². The Bertz CT molecular complexity index is 418. The van der Waals surface area contributed by atoms with Crippen molar-refractivity contribution in [3.05, 3.63) is 29.3 Å². The lowest BCUT2D eigenvalue weighted by molar-refractivity contribution is 0.502. The van der Waals surface area contributed by atoms with Crippen molar-refractivity contribution in [2.75, 3.05) is 0 Å². The lowest BCUT2D eigenvalue weighted by Crippen LogP contribution is -1.97. The van der Waals surface area contributed by atoms with Crippen LogP contribution in [0.15, 0.2) is 23.1 Å². The molecule has 1 rings (SSSR count). The molecule has 0 unspecified atom stereocenters. The maximum atomic E-state index is 9.48. The fraction of sp³-hybridized carbons (Fsp3) is 0.500. The van der Waals surface area contributed by atoms with Crippen LogP contribution in [-0.2, 0) is 23.8 Å². The highest BCUT2D eigenvalue weighted by Gasteiger charge is 2.22. The predicted molar refractivity (Wildman–Crippen MR) is 80.4 cm³/mol. The van der Waals surface area contributed by atoms with Crippen molar-refractivity contribution < 1.29 is 9.79 Å². The van der Waals surface area contributed by atoms with Gasteiger partial charge in [-0.1, -0.05) is 38.8 Å². The summed E-state index contributed by atoms with van der Waals surface area (Å²) in [7, 11) is 1.09. The Morgan fingerprint density at radius 2 is 1.82 bits per heavy atom. The molecule has 0 aliphatic carbocycles. The Hall–Kier alpha value is 0.140. The summed E-state index contributed by atoms with van der Waals surface area (Å²) in [5.74, 6) is 0. The average Bonchev–Trinajstić information content (AvgIpc) is 2.21. The minimum atomic E-state index is -3.12. The molecule has 2 nitrogen and oxygen atoms in total. The van der Waals surface area contributed by atoms with Crippen LogP contribution in [0.25, 0.3) is 0 Å². The largest absolute Gasteiger partial charge is 0.434 e. The van der Waals surface area contributed by atoms with Crippen molar-refractivity contribution in [2.24, 2.45) is 0 Å². The lowest BCUT2D eigenvalue weighted by Gasteiger charge is -2.06. The van der Waals surface area contributed by atoms with Gasteiger partial charge < -0.3 is 9.79 Å². The molecule has 0 bridgehead atoms. The van der Waals surface area contributed by atoms with Crippen molar-refractivity contribution in [3.63, 3.8) is 0 Å². The molecule has 0 amide bonds. The van der Waals surface area contributed by atoms with Crippen LogP contribution in [0.5, 0.6) is 0 Å². The van der Waals surface area contributed by atoms with E-state index in [-0.39, 0.29) is 0 Å². The van der Waals surface area contributed by atoms with Crippen LogP contribution in [0.1, 0.15) is 37.8 Å². The maximum absolute atomic E-state index is 9.48. The van der Waals surface area contributed by atoms with Gasteiger partial charge in [-0.15, -0.1) is 0 Å². The molecule has 1 aromatic carbocycles. The fourth-order valence-electron chi connectivity index (χ4n) is 1.87. The number of hydrogen-bond donors (Lipinski definition) is 3. The van der Waals surface area contributed by atoms with Crippen molar-refractivity contribution in [3.8, 4) is 0 Å². The van der Waals surface area contributed by atoms with E-state index in [1.54, 1.807) is 0 Å². The lowest BCUT2D eigenvalue weighted by atomic mass is 10.00. The maximum Gasteiger partial charge on any atom is 0.434 e. The van der Waals surface area contributed by atoms with Crippen LogP contribution < -0.4 is 0 Å². The summed E-state index contributed by atoms with van der Waals surface area (Å²) in [5, 5.41) is 0. The summed E-state index contributed by atoms with van der Waals surface area (Å²) >= 11 is 3.85. The molecule has 0 aliphatic heterocycles. The molecule has 0 radical (unpaired) electrons. The summed E-state index contributed by atoms with van der Waals surface area (Å²) in [6.07, 6.45) is 4.18. The minimum absolute atomic E-state index is 0.964. The molecule has 0 saturated carbocycles. The van der Waals surface area contributed by atoms with Crippen molar-refractivity contribution >= 4 is 28.9 Å². The second-order valence-electron chi connectivity index (χ2n) is 4.00. The summed E-state index contributed by atoms with van der Waals surface area (Å²) in [6, 6.07) is 6.06. The minimum Gasteiger partial charge on any atom is -0.304 e. The zero-order chi connectivity index (χ0) is 12.9. The third kappa shape index (κ3) is 5.11. The first kappa shape index (κ1) is 15.2. The van der Waals surface area contributed by atoms with E-state index in [1.165, 1.54) is 11.1 Å². The Balaban J connectivity index is 3.24. The zero-order valence-corrected chi connectivity index (χ0v) is 12.9. The van der Waals surface area contributed by atoms with Gasteiger partial charge in [-0.2, -0.15) is 0 Å². The van der Waals surface area contributed by atoms with E-state index in [0.717, 1.165) is 41.5 Å². The number of rotatable bonds is 5. The van der Waals surface area contributed by atoms with Gasteiger partial charge in [0, 0.05) is 11.6 Å². The molecule has 0 atom stereocenters. The van der Waals surface area contributed by atoms with Crippen molar-refractivity contribution in [2.45, 2.75) is 44.4 Å². The Kier molecular flexibility index (Phi) is 6.18. The quantitative estimate of drug-likeness (QED) is 0.440. The highest BCUT2D eigenvalue weighted by Crippen LogP contribution is 2.45. The summed E-state index contributed by atoms with van der Waals surface area (Å²) < 4.78 is 0. The molecule has 0 heterocycles. The molecule has 0 saturated heterocycles. The third-order valence-electron chi connectivity index (χ3n) is 2.47. The summed E-state index contributed by atoms with van der Waals surface area (Å²) in [5.41, 5.74) is -0.542. The van der Waals surface area contributed by atoms with E-state index in [0.29, 0.717) is 0 Å². The SMILES string of the molecule is CCCc1cccc([S+]=P(O)(O)S)c1CCC. The van der Waals surface area contributed by atoms with E-state index in [9.17, 15) is 9.79 Å². The highest BCUT2D eigenvalue weighted by molar-refractivity contribution is 8.62. The van der Waals surface area contributed by atoms with E-state index < -0.39 is 5.69 Å². The third-order valence-corrected chi connectivity index (χ3v) is 5.35. The van der Waals surface area contributed by atoms with Crippen LogP contribution in [0.3, 0.4) is 0 Å². The highest BCUT2D eigenvalue weighted by atomic mass is 32.9. The molecule has 0 fully saturated rings. The van der Waals surface area contributed by atoms with Crippen LogP contribution in [-0.4, -0.2) is 9.79 Å². The molecule has 0 aromatic heterocycles. The molecule has 96 valence electrons. The van der Waals surface area contributed by atoms with Gasteiger partial charge in [-0.05, 0) is 30.7 Å². The second kappa shape index (κ2) is 6.91. The van der Waals surface area contributed by atoms with E-state index in [1.807, 2.05) is 12.1 Å². The fourth-order valence-corrected chi connectivity index (χ4v) is 4.71. The van der Waals surface area contributed by atoms with Gasteiger partial charge in [0.05, 0.1) is 0 Å². The summed E-state index contributed by atoms with van der Waals surface area (Å²) in [4.78, 5) is 19.9. The van der Waals surface area contributed by atoms with Crippen LogP contribution >= 0.6 is 17.9 Å². The number of benzene rings is 1. The van der Waals surface area contributed by atoms with Crippen molar-refractivity contribution in [1.29, 1.82) is 0 Å². The summed E-state index contributed by atoms with van der Waals surface area (Å²) in [6.45, 7) is 4.29. The molecule has 5 heteroatoms. The van der Waals surface area contributed by atoms with Crippen LogP contribution in [0, 0.1) is 0 Å². The Labute approximate surface area is 112 Å². The number of aryl methyl sites for hydroxylation is 1. The normalized spacial score (nSPS) is 11.6. The molecule has 1 aromatic rings. The van der Waals surface area contributed by atoms with Gasteiger partial charge in [0.15, 0.2) is 0 Å². The van der Waals surface area contributed by atoms with Gasteiger partial charge in [0.25, 0.3) is 10.9 Å². The monoisotopic (exact) mass is 291 g/mol. The van der Waals surface area contributed by atoms with Gasteiger partial charge in [0.2, 0.25) is 4.90 Å². The van der Waals surface area contributed by atoms with Gasteiger partial charge in [-0.25, -0.2) is 0 Å². The van der Waals surface area contributed by atoms with E-state index in [4.69, 9.17) is 0 Å². The first-order valence-corrected chi connectivity index (χ1v) is 10.1. The number of thiol groups is 1. The van der Waals surface area contributed by atoms with Crippen LogP contribution in [0.2, 0.25) is 0 Å². The topological polar surface area (TPSA) is 40.5 Å². The molecule has 17 heavy (non-hydrogen) atoms. The molecule has 0 spiro atoms. The first-order valence-electron chi connectivity index (χ1n) is 5.85. The van der Waals surface area contributed by atoms with E-state index in [2.05, 4.69) is 32.2 Å². The zero-order valence-electron chi connectivity index (χ0n) is 10.3. The van der Waals surface area contributed by atoms with Gasteiger partial charge in [-0.3, -0.25) is 0 Å². The first-order chi connectivity index (χ1) is 7.98. The molecular formula is C12H20O2PS2+. The van der Waals surface area contributed by atoms with Gasteiger partial charge >= 0.3 is 5.69 Å². The molecule has 2 N–H and O–H groups in total. The second-order valence-corrected chi connectivity index (χ2v) is 10.2. The average molecular weight is 291 g/mol. The van der Waals surface area contributed by atoms with Crippen LogP contribution in [0.4, 0.5) is 0 Å². The van der Waals surface area contributed by atoms with E-state index >= 15 is 0 Å². The molecule has 0 aliphatic rings. The standard InChI is InChI=1S/C12H20O2PS2/c1-3-6-10-8-5-9-12(11(10)7-4-2)17-15(13,14)16/h5,8-9,13-14,16H,3-4,6-7H2,1-2H3/q+1. The smallest absolute Gasteiger partial charge is 0.304 e.